The molecule has 1 aliphatic heterocycles. The Labute approximate surface area is 157 Å². The number of H-pyrrole nitrogens is 1. The predicted octanol–water partition coefficient (Wildman–Crippen LogP) is 2.80. The van der Waals surface area contributed by atoms with E-state index in [9.17, 15) is 14.0 Å². The number of hydrogen-bond acceptors (Lipinski definition) is 3. The van der Waals surface area contributed by atoms with Crippen molar-refractivity contribution in [1.82, 2.24) is 15.1 Å². The van der Waals surface area contributed by atoms with Crippen LogP contribution in [0.4, 0.5) is 10.1 Å². The van der Waals surface area contributed by atoms with E-state index in [4.69, 9.17) is 0 Å². The van der Waals surface area contributed by atoms with Crippen molar-refractivity contribution in [1.29, 1.82) is 0 Å². The van der Waals surface area contributed by atoms with Crippen molar-refractivity contribution in [2.45, 2.75) is 45.1 Å². The van der Waals surface area contributed by atoms with Crippen LogP contribution in [-0.2, 0) is 29.0 Å². The minimum absolute atomic E-state index is 0.391. The van der Waals surface area contributed by atoms with Crippen LogP contribution in [0.15, 0.2) is 24.3 Å². The van der Waals surface area contributed by atoms with E-state index in [2.05, 4.69) is 15.5 Å². The van der Waals surface area contributed by atoms with Gasteiger partial charge in [0, 0.05) is 36.5 Å². The molecule has 2 aliphatic rings. The van der Waals surface area contributed by atoms with Crippen molar-refractivity contribution in [2.75, 3.05) is 11.9 Å². The van der Waals surface area contributed by atoms with E-state index in [-0.39, 0.29) is 0 Å². The van der Waals surface area contributed by atoms with Crippen molar-refractivity contribution in [3.05, 3.63) is 47.0 Å². The molecule has 4 rings (SSSR count). The zero-order valence-electron chi connectivity index (χ0n) is 15.1. The Morgan fingerprint density at radius 3 is 2.70 bits per heavy atom. The Balaban J connectivity index is 1.42. The van der Waals surface area contributed by atoms with E-state index in [1.807, 2.05) is 0 Å². The first-order valence-corrected chi connectivity index (χ1v) is 9.51. The second kappa shape index (κ2) is 7.50. The van der Waals surface area contributed by atoms with Gasteiger partial charge in [-0.15, -0.1) is 0 Å². The summed E-state index contributed by atoms with van der Waals surface area (Å²) in [4.78, 5) is 26.4. The number of nitrogens with zero attached hydrogens (tertiary/aromatic N) is 2. The third-order valence-electron chi connectivity index (χ3n) is 5.56. The molecular weight excluding hydrogens is 347 g/mol. The maximum absolute atomic E-state index is 13.0. The molecule has 0 spiro atoms. The number of benzene rings is 1. The number of anilines is 1. The molecule has 1 aliphatic carbocycles. The summed E-state index contributed by atoms with van der Waals surface area (Å²) in [5.74, 6) is -0.994. The van der Waals surface area contributed by atoms with E-state index >= 15 is 0 Å². The maximum Gasteiger partial charge on any atom is 0.313 e. The lowest BCUT2D eigenvalue weighted by Crippen LogP contribution is -2.42. The molecule has 0 atom stereocenters. The average Bonchev–Trinajstić information content (AvgIpc) is 3.33. The molecule has 0 unspecified atom stereocenters. The van der Waals surface area contributed by atoms with Gasteiger partial charge in [0.15, 0.2) is 0 Å². The van der Waals surface area contributed by atoms with Gasteiger partial charge in [-0.1, -0.05) is 25.7 Å². The van der Waals surface area contributed by atoms with Crippen molar-refractivity contribution in [2.24, 2.45) is 5.92 Å². The van der Waals surface area contributed by atoms with Gasteiger partial charge in [0.1, 0.15) is 5.82 Å². The second-order valence-electron chi connectivity index (χ2n) is 7.42. The van der Waals surface area contributed by atoms with Gasteiger partial charge in [-0.25, -0.2) is 4.39 Å². The summed E-state index contributed by atoms with van der Waals surface area (Å²) in [6, 6.07) is 5.36. The van der Waals surface area contributed by atoms with E-state index < -0.39 is 17.6 Å². The number of fused-ring (bicyclic) bond motifs is 1. The molecule has 0 bridgehead atoms. The quantitative estimate of drug-likeness (QED) is 0.816. The van der Waals surface area contributed by atoms with Crippen LogP contribution in [0.5, 0.6) is 0 Å². The Bertz CT molecular complexity index is 840. The van der Waals surface area contributed by atoms with Gasteiger partial charge in [-0.2, -0.15) is 5.10 Å². The molecule has 0 radical (unpaired) electrons. The van der Waals surface area contributed by atoms with Crippen LogP contribution in [0, 0.1) is 11.7 Å². The van der Waals surface area contributed by atoms with E-state index in [0.29, 0.717) is 31.1 Å². The van der Waals surface area contributed by atoms with Gasteiger partial charge in [-0.3, -0.25) is 14.7 Å². The lowest BCUT2D eigenvalue weighted by Gasteiger charge is -2.27. The van der Waals surface area contributed by atoms with Crippen molar-refractivity contribution < 1.29 is 14.0 Å². The van der Waals surface area contributed by atoms with Gasteiger partial charge in [0.2, 0.25) is 0 Å². The zero-order chi connectivity index (χ0) is 18.8. The molecule has 142 valence electrons. The Morgan fingerprint density at radius 2 is 1.96 bits per heavy atom. The van der Waals surface area contributed by atoms with Gasteiger partial charge in [-0.05, 0) is 36.6 Å². The highest BCUT2D eigenvalue weighted by molar-refractivity contribution is 6.39. The molecule has 6 nitrogen and oxygen atoms in total. The summed E-state index contributed by atoms with van der Waals surface area (Å²) in [6.45, 7) is 0.886. The molecule has 2 aromatic rings. The summed E-state index contributed by atoms with van der Waals surface area (Å²) in [5, 5.41) is 10.1. The summed E-state index contributed by atoms with van der Waals surface area (Å²) < 4.78 is 13.0. The van der Waals surface area contributed by atoms with Gasteiger partial charge in [0.05, 0.1) is 5.69 Å². The van der Waals surface area contributed by atoms with Crippen molar-refractivity contribution in [3.63, 3.8) is 0 Å². The van der Waals surface area contributed by atoms with Crippen LogP contribution in [0.25, 0.3) is 0 Å². The molecular formula is C20H23FN4O2. The molecule has 2 amide bonds. The molecule has 0 saturated heterocycles. The third-order valence-corrected chi connectivity index (χ3v) is 5.56. The minimum Gasteiger partial charge on any atom is -0.330 e. The third kappa shape index (κ3) is 3.86. The van der Waals surface area contributed by atoms with Crippen molar-refractivity contribution >= 4 is 17.5 Å². The summed E-state index contributed by atoms with van der Waals surface area (Å²) in [5.41, 5.74) is 3.58. The number of hydrogen-bond donors (Lipinski definition) is 2. The van der Waals surface area contributed by atoms with Crippen LogP contribution >= 0.6 is 0 Å². The van der Waals surface area contributed by atoms with E-state index in [0.717, 1.165) is 23.4 Å². The van der Waals surface area contributed by atoms with Crippen LogP contribution in [-0.4, -0.2) is 33.5 Å². The number of halogens is 1. The number of carbonyl (C=O) groups excluding carboxylic acids is 2. The van der Waals surface area contributed by atoms with Gasteiger partial charge >= 0.3 is 11.8 Å². The first kappa shape index (κ1) is 17.7. The first-order valence-electron chi connectivity index (χ1n) is 9.51. The highest BCUT2D eigenvalue weighted by Gasteiger charge is 2.29. The highest BCUT2D eigenvalue weighted by atomic mass is 19.1. The molecule has 7 heteroatoms. The first-order chi connectivity index (χ1) is 13.1. The molecule has 2 heterocycles. The molecule has 1 saturated carbocycles. The summed E-state index contributed by atoms with van der Waals surface area (Å²) >= 11 is 0. The average molecular weight is 370 g/mol. The second-order valence-corrected chi connectivity index (χ2v) is 7.42. The number of nitrogens with one attached hydrogen (secondary N) is 2. The van der Waals surface area contributed by atoms with Crippen LogP contribution < -0.4 is 5.32 Å². The highest BCUT2D eigenvalue weighted by Crippen LogP contribution is 2.30. The molecule has 2 N–H and O–H groups in total. The number of aromatic nitrogens is 2. The van der Waals surface area contributed by atoms with Crippen LogP contribution in [0.2, 0.25) is 0 Å². The normalized spacial score (nSPS) is 17.0. The van der Waals surface area contributed by atoms with Gasteiger partial charge < -0.3 is 10.2 Å². The largest absolute Gasteiger partial charge is 0.330 e. The number of carbonyl (C=O) groups is 2. The monoisotopic (exact) mass is 370 g/mol. The summed E-state index contributed by atoms with van der Waals surface area (Å²) in [7, 11) is 0. The van der Waals surface area contributed by atoms with E-state index in [1.54, 1.807) is 4.90 Å². The molecule has 27 heavy (non-hydrogen) atoms. The molecule has 1 aromatic carbocycles. The van der Waals surface area contributed by atoms with Gasteiger partial charge in [0.25, 0.3) is 0 Å². The Hall–Kier alpha value is -2.70. The smallest absolute Gasteiger partial charge is 0.313 e. The minimum atomic E-state index is -0.703. The lowest BCUT2D eigenvalue weighted by molar-refractivity contribution is -0.143. The standard InChI is InChI=1S/C20H23FN4O2/c21-14-5-7-15(8-6-14)22-19(26)20(27)25-10-9-17-16(12-25)18(24-23-17)11-13-3-1-2-4-13/h5-8,13H,1-4,9-12H2,(H,22,26)(H,23,24). The van der Waals surface area contributed by atoms with E-state index in [1.165, 1.54) is 49.9 Å². The number of aromatic amines is 1. The van der Waals surface area contributed by atoms with Crippen LogP contribution in [0.3, 0.4) is 0 Å². The Kier molecular flexibility index (Phi) is 4.92. The van der Waals surface area contributed by atoms with Crippen LogP contribution in [0.1, 0.15) is 42.6 Å². The fraction of sp³-hybridized carbons (Fsp3) is 0.450. The molecule has 1 fully saturated rings. The lowest BCUT2D eigenvalue weighted by atomic mass is 9.96. The zero-order valence-corrected chi connectivity index (χ0v) is 15.1. The fourth-order valence-electron chi connectivity index (χ4n) is 4.05. The predicted molar refractivity (Wildman–Crippen MR) is 98.4 cm³/mol. The molecule has 1 aromatic heterocycles. The fourth-order valence-corrected chi connectivity index (χ4v) is 4.05. The number of rotatable bonds is 3. The Morgan fingerprint density at radius 1 is 1.22 bits per heavy atom. The summed E-state index contributed by atoms with van der Waals surface area (Å²) in [6.07, 6.45) is 6.66. The topological polar surface area (TPSA) is 78.1 Å². The SMILES string of the molecule is O=C(Nc1ccc(F)cc1)C(=O)N1CCc2[nH]nc(CC3CCCC3)c2C1. The van der Waals surface area contributed by atoms with Crippen molar-refractivity contribution in [3.8, 4) is 0 Å². The number of amides is 2. The maximum atomic E-state index is 13.0.